The van der Waals surface area contributed by atoms with E-state index in [9.17, 15) is 0 Å². The molecule has 0 radical (unpaired) electrons. The number of halogens is 1. The molecule has 0 amide bonds. The van der Waals surface area contributed by atoms with E-state index in [2.05, 4.69) is 38.1 Å². The minimum Gasteiger partial charge on any atom is -0.310 e. The maximum Gasteiger partial charge on any atom is 0.0762 e. The molecule has 0 bridgehead atoms. The first-order valence-corrected chi connectivity index (χ1v) is 6.33. The molecule has 1 rings (SSSR count). The quantitative estimate of drug-likeness (QED) is 0.779. The van der Waals surface area contributed by atoms with Gasteiger partial charge in [0.2, 0.25) is 0 Å². The third-order valence-corrected chi connectivity index (χ3v) is 3.22. The van der Waals surface area contributed by atoms with Gasteiger partial charge in [0.1, 0.15) is 0 Å². The Morgan fingerprint density at radius 3 is 2.56 bits per heavy atom. The van der Waals surface area contributed by atoms with Crippen molar-refractivity contribution in [2.24, 2.45) is 5.92 Å². The number of nitrogens with one attached hydrogen (secondary N) is 1. The number of hydrogen-bond acceptors (Lipinski definition) is 2. The summed E-state index contributed by atoms with van der Waals surface area (Å²) < 4.78 is 1.97. The van der Waals surface area contributed by atoms with Gasteiger partial charge >= 0.3 is 0 Å². The molecule has 0 aliphatic rings. The van der Waals surface area contributed by atoms with E-state index >= 15 is 0 Å². The zero-order chi connectivity index (χ0) is 12.1. The average Bonchev–Trinajstić information content (AvgIpc) is 2.66. The molecule has 4 heteroatoms. The van der Waals surface area contributed by atoms with Crippen molar-refractivity contribution in [1.29, 1.82) is 0 Å². The highest BCUT2D eigenvalue weighted by Crippen LogP contribution is 2.08. The smallest absolute Gasteiger partial charge is 0.0762 e. The Hall–Kier alpha value is -0.540. The summed E-state index contributed by atoms with van der Waals surface area (Å²) in [6.45, 7) is 10.1. The van der Waals surface area contributed by atoms with Crippen molar-refractivity contribution in [3.8, 4) is 0 Å². The van der Waals surface area contributed by atoms with Crippen LogP contribution in [0, 0.1) is 5.92 Å². The van der Waals surface area contributed by atoms with E-state index in [1.54, 1.807) is 0 Å². The molecular formula is C12H22ClN3. The van der Waals surface area contributed by atoms with Crippen molar-refractivity contribution in [3.63, 3.8) is 0 Å². The van der Waals surface area contributed by atoms with Crippen LogP contribution < -0.4 is 5.32 Å². The van der Waals surface area contributed by atoms with Crippen molar-refractivity contribution in [1.82, 2.24) is 15.1 Å². The lowest BCUT2D eigenvalue weighted by atomic mass is 10.1. The molecule has 0 aliphatic carbocycles. The third-order valence-electron chi connectivity index (χ3n) is 2.56. The SMILES string of the molecule is CC(C)C(Cl)CNCc1ccn(C(C)C)n1. The van der Waals surface area contributed by atoms with Gasteiger partial charge in [-0.3, -0.25) is 4.68 Å². The van der Waals surface area contributed by atoms with Crippen LogP contribution in [0.1, 0.15) is 39.4 Å². The highest BCUT2D eigenvalue weighted by molar-refractivity contribution is 6.20. The van der Waals surface area contributed by atoms with Crippen molar-refractivity contribution in [2.45, 2.75) is 45.7 Å². The Morgan fingerprint density at radius 1 is 1.38 bits per heavy atom. The minimum absolute atomic E-state index is 0.187. The largest absolute Gasteiger partial charge is 0.310 e. The fraction of sp³-hybridized carbons (Fsp3) is 0.750. The Bertz CT molecular complexity index is 307. The summed E-state index contributed by atoms with van der Waals surface area (Å²) in [7, 11) is 0. The zero-order valence-electron chi connectivity index (χ0n) is 10.6. The molecule has 1 aromatic heterocycles. The normalized spacial score (nSPS) is 13.7. The Kier molecular flexibility index (Phi) is 5.29. The molecule has 0 saturated heterocycles. The van der Waals surface area contributed by atoms with Crippen LogP contribution in [0.25, 0.3) is 0 Å². The Labute approximate surface area is 103 Å². The number of hydrogen-bond donors (Lipinski definition) is 1. The summed E-state index contributed by atoms with van der Waals surface area (Å²) in [4.78, 5) is 0. The highest BCUT2D eigenvalue weighted by atomic mass is 35.5. The molecule has 0 aliphatic heterocycles. The van der Waals surface area contributed by atoms with E-state index in [0.717, 1.165) is 18.8 Å². The van der Waals surface area contributed by atoms with E-state index in [1.165, 1.54) is 0 Å². The van der Waals surface area contributed by atoms with Crippen LogP contribution in [-0.4, -0.2) is 21.7 Å². The molecule has 1 atom stereocenters. The molecule has 0 saturated carbocycles. The molecule has 0 spiro atoms. The van der Waals surface area contributed by atoms with Gasteiger partial charge in [-0.2, -0.15) is 5.10 Å². The van der Waals surface area contributed by atoms with Gasteiger partial charge < -0.3 is 5.32 Å². The lowest BCUT2D eigenvalue weighted by Gasteiger charge is -2.13. The van der Waals surface area contributed by atoms with Crippen LogP contribution in [0.15, 0.2) is 12.3 Å². The zero-order valence-corrected chi connectivity index (χ0v) is 11.3. The van der Waals surface area contributed by atoms with Crippen molar-refractivity contribution in [2.75, 3.05) is 6.54 Å². The van der Waals surface area contributed by atoms with Gasteiger partial charge in [-0.05, 0) is 25.8 Å². The summed E-state index contributed by atoms with van der Waals surface area (Å²) in [5.41, 5.74) is 1.07. The Morgan fingerprint density at radius 2 is 2.06 bits per heavy atom. The maximum atomic E-state index is 6.15. The van der Waals surface area contributed by atoms with Gasteiger partial charge in [0.15, 0.2) is 0 Å². The number of alkyl halides is 1. The molecule has 1 N–H and O–H groups in total. The van der Waals surface area contributed by atoms with Gasteiger partial charge in [0, 0.05) is 30.7 Å². The summed E-state index contributed by atoms with van der Waals surface area (Å²) in [6, 6.07) is 2.47. The van der Waals surface area contributed by atoms with Crippen LogP contribution in [-0.2, 0) is 6.54 Å². The van der Waals surface area contributed by atoms with E-state index in [-0.39, 0.29) is 5.38 Å². The van der Waals surface area contributed by atoms with Gasteiger partial charge in [-0.25, -0.2) is 0 Å². The monoisotopic (exact) mass is 243 g/mol. The number of nitrogens with zero attached hydrogens (tertiary/aromatic N) is 2. The first-order valence-electron chi connectivity index (χ1n) is 5.89. The van der Waals surface area contributed by atoms with Crippen LogP contribution in [0.2, 0.25) is 0 Å². The second-order valence-electron chi connectivity index (χ2n) is 4.77. The standard InChI is InChI=1S/C12H22ClN3/c1-9(2)12(13)8-14-7-11-5-6-16(15-11)10(3)4/h5-6,9-10,12,14H,7-8H2,1-4H3. The topological polar surface area (TPSA) is 29.9 Å². The van der Waals surface area contributed by atoms with E-state index in [0.29, 0.717) is 12.0 Å². The summed E-state index contributed by atoms with van der Waals surface area (Å²) in [5.74, 6) is 0.502. The van der Waals surface area contributed by atoms with Crippen molar-refractivity contribution >= 4 is 11.6 Å². The molecule has 1 unspecified atom stereocenters. The van der Waals surface area contributed by atoms with Gasteiger partial charge in [-0.15, -0.1) is 11.6 Å². The van der Waals surface area contributed by atoms with E-state index < -0.39 is 0 Å². The van der Waals surface area contributed by atoms with Crippen molar-refractivity contribution in [3.05, 3.63) is 18.0 Å². The predicted molar refractivity (Wildman–Crippen MR) is 68.8 cm³/mol. The Balaban J connectivity index is 2.32. The fourth-order valence-electron chi connectivity index (χ4n) is 1.33. The third kappa shape index (κ3) is 4.14. The van der Waals surface area contributed by atoms with Gasteiger partial charge in [0.25, 0.3) is 0 Å². The van der Waals surface area contributed by atoms with Crippen molar-refractivity contribution < 1.29 is 0 Å². The average molecular weight is 244 g/mol. The molecule has 92 valence electrons. The molecule has 3 nitrogen and oxygen atoms in total. The fourth-order valence-corrected chi connectivity index (χ4v) is 1.44. The van der Waals surface area contributed by atoms with Gasteiger partial charge in [0.05, 0.1) is 5.69 Å². The van der Waals surface area contributed by atoms with Crippen LogP contribution in [0.5, 0.6) is 0 Å². The van der Waals surface area contributed by atoms with E-state index in [1.807, 2.05) is 16.9 Å². The molecule has 1 aromatic rings. The first-order chi connectivity index (χ1) is 7.50. The lowest BCUT2D eigenvalue weighted by molar-refractivity contribution is 0.513. The summed E-state index contributed by atoms with van der Waals surface area (Å²) in [6.07, 6.45) is 2.02. The van der Waals surface area contributed by atoms with Gasteiger partial charge in [-0.1, -0.05) is 13.8 Å². The molecule has 0 aromatic carbocycles. The highest BCUT2D eigenvalue weighted by Gasteiger charge is 2.09. The molecular weight excluding hydrogens is 222 g/mol. The second kappa shape index (κ2) is 6.26. The number of rotatable bonds is 6. The van der Waals surface area contributed by atoms with Crippen LogP contribution in [0.4, 0.5) is 0 Å². The minimum atomic E-state index is 0.187. The summed E-state index contributed by atoms with van der Waals surface area (Å²) in [5, 5.41) is 7.98. The second-order valence-corrected chi connectivity index (χ2v) is 5.33. The molecule has 16 heavy (non-hydrogen) atoms. The summed E-state index contributed by atoms with van der Waals surface area (Å²) >= 11 is 6.15. The first kappa shape index (κ1) is 13.5. The number of aromatic nitrogens is 2. The predicted octanol–water partition coefficient (Wildman–Crippen LogP) is 2.82. The lowest BCUT2D eigenvalue weighted by Crippen LogP contribution is -2.26. The molecule has 1 heterocycles. The maximum absolute atomic E-state index is 6.15. The molecule has 0 fully saturated rings. The van der Waals surface area contributed by atoms with E-state index in [4.69, 9.17) is 11.6 Å². The van der Waals surface area contributed by atoms with Crippen LogP contribution >= 0.6 is 11.6 Å². The van der Waals surface area contributed by atoms with Crippen LogP contribution in [0.3, 0.4) is 0 Å².